The lowest BCUT2D eigenvalue weighted by Crippen LogP contribution is -2.47. The van der Waals surface area contributed by atoms with E-state index in [1.165, 1.54) is 37.7 Å². The van der Waals surface area contributed by atoms with Crippen molar-refractivity contribution in [1.82, 2.24) is 10.2 Å². The van der Waals surface area contributed by atoms with E-state index in [9.17, 15) is 0 Å². The maximum Gasteiger partial charge on any atom is 0.193 e. The Morgan fingerprint density at radius 1 is 1.21 bits per heavy atom. The van der Waals surface area contributed by atoms with E-state index in [4.69, 9.17) is 21.1 Å². The molecule has 1 N–H and O–H groups in total. The van der Waals surface area contributed by atoms with Crippen molar-refractivity contribution in [2.75, 3.05) is 53.6 Å². The summed E-state index contributed by atoms with van der Waals surface area (Å²) in [6.45, 7) is 5.08. The maximum atomic E-state index is 6.14. The number of likely N-dealkylation sites (tertiary alicyclic amines) is 1. The average molecular weight is 422 g/mol. The van der Waals surface area contributed by atoms with E-state index in [0.717, 1.165) is 43.6 Å². The van der Waals surface area contributed by atoms with E-state index in [-0.39, 0.29) is 5.41 Å². The molecule has 1 unspecified atom stereocenters. The van der Waals surface area contributed by atoms with Gasteiger partial charge < -0.3 is 19.7 Å². The Balaban J connectivity index is 1.57. The molecular weight excluding hydrogens is 386 g/mol. The zero-order chi connectivity index (χ0) is 20.5. The minimum absolute atomic E-state index is 0.168. The molecule has 1 aromatic carbocycles. The van der Waals surface area contributed by atoms with Crippen LogP contribution in [0.1, 0.15) is 44.1 Å². The smallest absolute Gasteiger partial charge is 0.193 e. The Labute approximate surface area is 180 Å². The molecule has 5 nitrogen and oxygen atoms in total. The first-order valence-corrected chi connectivity index (χ1v) is 11.3. The normalized spacial score (nSPS) is 22.1. The SMILES string of the molecule is CN=C(NCC1(c2ccc(Cl)cc2)CCCCC1)N1CCC(COCCOC)C1. The molecule has 0 spiro atoms. The zero-order valence-corrected chi connectivity index (χ0v) is 18.7. The van der Waals surface area contributed by atoms with E-state index in [0.29, 0.717) is 19.1 Å². The van der Waals surface area contributed by atoms with Crippen LogP contribution in [0.5, 0.6) is 0 Å². The topological polar surface area (TPSA) is 46.1 Å². The lowest BCUT2D eigenvalue weighted by Gasteiger charge is -2.39. The van der Waals surface area contributed by atoms with Gasteiger partial charge in [0.1, 0.15) is 0 Å². The lowest BCUT2D eigenvalue weighted by atomic mass is 9.69. The molecule has 0 bridgehead atoms. The van der Waals surface area contributed by atoms with Gasteiger partial charge in [-0.15, -0.1) is 0 Å². The number of rotatable bonds is 8. The van der Waals surface area contributed by atoms with Crippen LogP contribution in [0.15, 0.2) is 29.3 Å². The first-order valence-electron chi connectivity index (χ1n) is 11.0. The predicted molar refractivity (Wildman–Crippen MR) is 120 cm³/mol. The summed E-state index contributed by atoms with van der Waals surface area (Å²) >= 11 is 6.14. The van der Waals surface area contributed by atoms with Crippen LogP contribution < -0.4 is 5.32 Å². The highest BCUT2D eigenvalue weighted by Gasteiger charge is 2.35. The summed E-state index contributed by atoms with van der Waals surface area (Å²) in [7, 11) is 3.60. The van der Waals surface area contributed by atoms with Crippen molar-refractivity contribution in [3.63, 3.8) is 0 Å². The van der Waals surface area contributed by atoms with Crippen LogP contribution in [0, 0.1) is 5.92 Å². The monoisotopic (exact) mass is 421 g/mol. The fourth-order valence-electron chi connectivity index (χ4n) is 4.73. The molecule has 1 heterocycles. The number of hydrogen-bond acceptors (Lipinski definition) is 3. The van der Waals surface area contributed by atoms with Crippen molar-refractivity contribution >= 4 is 17.6 Å². The Kier molecular flexibility index (Phi) is 8.64. The van der Waals surface area contributed by atoms with Crippen molar-refractivity contribution in [2.24, 2.45) is 10.9 Å². The molecule has 1 aromatic rings. The quantitative estimate of drug-likeness (QED) is 0.390. The Bertz CT molecular complexity index is 644. The number of hydrogen-bond donors (Lipinski definition) is 1. The summed E-state index contributed by atoms with van der Waals surface area (Å²) in [6.07, 6.45) is 7.49. The minimum Gasteiger partial charge on any atom is -0.382 e. The van der Waals surface area contributed by atoms with E-state index >= 15 is 0 Å². The Morgan fingerprint density at radius 2 is 1.97 bits per heavy atom. The highest BCUT2D eigenvalue weighted by atomic mass is 35.5. The Morgan fingerprint density at radius 3 is 2.66 bits per heavy atom. The van der Waals surface area contributed by atoms with E-state index in [2.05, 4.69) is 27.3 Å². The molecule has 2 fully saturated rings. The number of aliphatic imine (C=N–C) groups is 1. The number of nitrogens with one attached hydrogen (secondary N) is 1. The fourth-order valence-corrected chi connectivity index (χ4v) is 4.86. The molecule has 0 aromatic heterocycles. The van der Waals surface area contributed by atoms with Gasteiger partial charge in [-0.3, -0.25) is 4.99 Å². The summed E-state index contributed by atoms with van der Waals surface area (Å²) < 4.78 is 10.8. The van der Waals surface area contributed by atoms with Crippen molar-refractivity contribution in [2.45, 2.75) is 43.9 Å². The van der Waals surface area contributed by atoms with Crippen LogP contribution in [0.3, 0.4) is 0 Å². The number of methoxy groups -OCH3 is 1. The molecule has 0 amide bonds. The maximum absolute atomic E-state index is 6.14. The third-order valence-electron chi connectivity index (χ3n) is 6.43. The van der Waals surface area contributed by atoms with Gasteiger partial charge in [0.25, 0.3) is 0 Å². The molecule has 1 saturated carbocycles. The molecule has 1 aliphatic heterocycles. The summed E-state index contributed by atoms with van der Waals surface area (Å²) in [5.74, 6) is 1.58. The fraction of sp³-hybridized carbons (Fsp3) is 0.696. The zero-order valence-electron chi connectivity index (χ0n) is 18.0. The number of halogens is 1. The number of ether oxygens (including phenoxy) is 2. The summed E-state index contributed by atoms with van der Waals surface area (Å²) in [4.78, 5) is 6.96. The second-order valence-corrected chi connectivity index (χ2v) is 8.85. The highest BCUT2D eigenvalue weighted by Crippen LogP contribution is 2.39. The molecule has 1 atom stereocenters. The van der Waals surface area contributed by atoms with Crippen LogP contribution in [0.4, 0.5) is 0 Å². The van der Waals surface area contributed by atoms with Crippen LogP contribution in [-0.4, -0.2) is 64.5 Å². The van der Waals surface area contributed by atoms with Crippen LogP contribution >= 0.6 is 11.6 Å². The van der Waals surface area contributed by atoms with Crippen molar-refractivity contribution in [1.29, 1.82) is 0 Å². The van der Waals surface area contributed by atoms with Crippen molar-refractivity contribution < 1.29 is 9.47 Å². The van der Waals surface area contributed by atoms with E-state index in [1.807, 2.05) is 19.2 Å². The van der Waals surface area contributed by atoms with Crippen LogP contribution in [-0.2, 0) is 14.9 Å². The largest absolute Gasteiger partial charge is 0.382 e. The van der Waals surface area contributed by atoms with E-state index < -0.39 is 0 Å². The standard InChI is InChI=1S/C23H36ClN3O2/c1-25-22(27-13-10-19(16-27)17-29-15-14-28-2)26-18-23(11-4-3-5-12-23)20-6-8-21(24)9-7-20/h6-9,19H,3-5,10-18H2,1-2H3,(H,25,26). The minimum atomic E-state index is 0.168. The third kappa shape index (κ3) is 6.09. The predicted octanol–water partition coefficient (Wildman–Crippen LogP) is 4.10. The number of benzene rings is 1. The molecule has 3 rings (SSSR count). The molecule has 1 aliphatic carbocycles. The average Bonchev–Trinajstić information content (AvgIpc) is 3.21. The van der Waals surface area contributed by atoms with Gasteiger partial charge in [-0.1, -0.05) is 43.0 Å². The lowest BCUT2D eigenvalue weighted by molar-refractivity contribution is 0.0536. The molecule has 1 saturated heterocycles. The van der Waals surface area contributed by atoms with Gasteiger partial charge in [0.2, 0.25) is 0 Å². The molecule has 29 heavy (non-hydrogen) atoms. The first kappa shape index (κ1) is 22.4. The van der Waals surface area contributed by atoms with Gasteiger partial charge in [0, 0.05) is 50.1 Å². The molecule has 162 valence electrons. The van der Waals surface area contributed by atoms with Gasteiger partial charge in [0.15, 0.2) is 5.96 Å². The summed E-state index contributed by atoms with van der Waals surface area (Å²) in [6, 6.07) is 8.47. The van der Waals surface area contributed by atoms with Gasteiger partial charge in [-0.25, -0.2) is 0 Å². The van der Waals surface area contributed by atoms with Crippen LogP contribution in [0.25, 0.3) is 0 Å². The Hall–Kier alpha value is -1.30. The van der Waals surface area contributed by atoms with Gasteiger partial charge in [0.05, 0.1) is 19.8 Å². The van der Waals surface area contributed by atoms with Crippen molar-refractivity contribution in [3.05, 3.63) is 34.9 Å². The second-order valence-electron chi connectivity index (χ2n) is 8.42. The van der Waals surface area contributed by atoms with Crippen molar-refractivity contribution in [3.8, 4) is 0 Å². The molecule has 2 aliphatic rings. The molecule has 6 heteroatoms. The van der Waals surface area contributed by atoms with Gasteiger partial charge in [-0.05, 0) is 37.0 Å². The highest BCUT2D eigenvalue weighted by molar-refractivity contribution is 6.30. The van der Waals surface area contributed by atoms with Crippen LogP contribution in [0.2, 0.25) is 5.02 Å². The summed E-state index contributed by atoms with van der Waals surface area (Å²) in [5, 5.41) is 4.52. The second kappa shape index (κ2) is 11.2. The van der Waals surface area contributed by atoms with Gasteiger partial charge in [-0.2, -0.15) is 0 Å². The molecule has 0 radical (unpaired) electrons. The van der Waals surface area contributed by atoms with Gasteiger partial charge >= 0.3 is 0 Å². The third-order valence-corrected chi connectivity index (χ3v) is 6.69. The number of guanidine groups is 1. The first-order chi connectivity index (χ1) is 14.2. The molecular formula is C23H36ClN3O2. The number of nitrogens with zero attached hydrogens (tertiary/aromatic N) is 2. The summed E-state index contributed by atoms with van der Waals surface area (Å²) in [5.41, 5.74) is 1.57. The van der Waals surface area contributed by atoms with E-state index in [1.54, 1.807) is 7.11 Å².